The first kappa shape index (κ1) is 13.3. The van der Waals surface area contributed by atoms with Crippen LogP contribution in [0.5, 0.6) is 5.75 Å². The Bertz CT molecular complexity index is 411. The molecule has 18 heavy (non-hydrogen) atoms. The molecule has 1 aromatic carbocycles. The molecule has 2 atom stereocenters. The van der Waals surface area contributed by atoms with Gasteiger partial charge in [0.05, 0.1) is 0 Å². The maximum Gasteiger partial charge on any atom is 0.123 e. The fourth-order valence-corrected chi connectivity index (χ4v) is 2.35. The van der Waals surface area contributed by atoms with Crippen molar-refractivity contribution in [3.8, 4) is 5.75 Å². The minimum atomic E-state index is -0.192. The van der Waals surface area contributed by atoms with E-state index in [1.807, 2.05) is 0 Å². The minimum absolute atomic E-state index is 0.118. The van der Waals surface area contributed by atoms with Gasteiger partial charge in [-0.2, -0.15) is 0 Å². The lowest BCUT2D eigenvalue weighted by atomic mass is 10.1. The number of nitrogens with zero attached hydrogens (tertiary/aromatic N) is 1. The summed E-state index contributed by atoms with van der Waals surface area (Å²) in [6, 6.07) is 5.17. The van der Waals surface area contributed by atoms with Gasteiger partial charge in [0.15, 0.2) is 0 Å². The van der Waals surface area contributed by atoms with E-state index in [0.717, 1.165) is 30.7 Å². The van der Waals surface area contributed by atoms with Crippen LogP contribution in [-0.2, 0) is 6.42 Å². The van der Waals surface area contributed by atoms with Crippen LogP contribution >= 0.6 is 0 Å². The van der Waals surface area contributed by atoms with Crippen molar-refractivity contribution in [3.63, 3.8) is 0 Å². The molecule has 0 aliphatic carbocycles. The van der Waals surface area contributed by atoms with E-state index in [1.54, 1.807) is 12.1 Å². The summed E-state index contributed by atoms with van der Waals surface area (Å²) in [6.07, 6.45) is 1.88. The zero-order valence-electron chi connectivity index (χ0n) is 11.0. The van der Waals surface area contributed by atoms with Crippen molar-refractivity contribution in [2.75, 3.05) is 20.1 Å². The largest absolute Gasteiger partial charge is 0.488 e. The van der Waals surface area contributed by atoms with E-state index in [1.165, 1.54) is 6.07 Å². The van der Waals surface area contributed by atoms with Crippen LogP contribution in [0.3, 0.4) is 0 Å². The normalized spacial score (nSPS) is 19.7. The third-order valence-electron chi connectivity index (χ3n) is 3.59. The molecule has 2 N–H and O–H groups in total. The molecular formula is C14H21FN2O. The molecule has 3 nitrogen and oxygen atoms in total. The molecule has 1 aliphatic rings. The number of hydrogen-bond acceptors (Lipinski definition) is 3. The number of ether oxygens (including phenoxy) is 1. The van der Waals surface area contributed by atoms with E-state index in [2.05, 4.69) is 18.9 Å². The maximum atomic E-state index is 13.1. The highest BCUT2D eigenvalue weighted by Gasteiger charge is 2.25. The number of rotatable bonds is 5. The highest BCUT2D eigenvalue weighted by atomic mass is 19.1. The fourth-order valence-electron chi connectivity index (χ4n) is 2.35. The monoisotopic (exact) mass is 252 g/mol. The second-order valence-electron chi connectivity index (χ2n) is 5.06. The molecule has 0 aromatic heterocycles. The van der Waals surface area contributed by atoms with Gasteiger partial charge in [-0.15, -0.1) is 0 Å². The lowest BCUT2D eigenvalue weighted by Crippen LogP contribution is -2.38. The predicted octanol–water partition coefficient (Wildman–Crippen LogP) is 1.80. The number of hydrogen-bond donors (Lipinski definition) is 1. The molecule has 1 heterocycles. The van der Waals surface area contributed by atoms with Gasteiger partial charge in [0, 0.05) is 24.6 Å². The average Bonchev–Trinajstić information content (AvgIpc) is 2.70. The molecule has 0 saturated heterocycles. The van der Waals surface area contributed by atoms with Crippen molar-refractivity contribution < 1.29 is 9.13 Å². The van der Waals surface area contributed by atoms with Gasteiger partial charge >= 0.3 is 0 Å². The molecule has 1 aliphatic heterocycles. The SMILES string of the molecule is CC(CCN)N(C)CC1Cc2cc(F)ccc2O1. The first-order chi connectivity index (χ1) is 8.60. The van der Waals surface area contributed by atoms with Crippen molar-refractivity contribution in [1.29, 1.82) is 0 Å². The second kappa shape index (κ2) is 5.67. The van der Waals surface area contributed by atoms with Crippen LogP contribution in [0.1, 0.15) is 18.9 Å². The fraction of sp³-hybridized carbons (Fsp3) is 0.571. The van der Waals surface area contributed by atoms with Gasteiger partial charge < -0.3 is 10.5 Å². The summed E-state index contributed by atoms with van der Waals surface area (Å²) in [5.74, 6) is 0.629. The van der Waals surface area contributed by atoms with Gasteiger partial charge in [-0.05, 0) is 45.1 Å². The van der Waals surface area contributed by atoms with E-state index in [-0.39, 0.29) is 11.9 Å². The number of fused-ring (bicyclic) bond motifs is 1. The predicted molar refractivity (Wildman–Crippen MR) is 70.3 cm³/mol. The van der Waals surface area contributed by atoms with E-state index in [4.69, 9.17) is 10.5 Å². The summed E-state index contributed by atoms with van der Waals surface area (Å²) < 4.78 is 18.9. The zero-order chi connectivity index (χ0) is 13.1. The molecule has 4 heteroatoms. The Labute approximate surface area is 108 Å². The number of nitrogens with two attached hydrogens (primary N) is 1. The molecule has 0 saturated carbocycles. The summed E-state index contributed by atoms with van der Waals surface area (Å²) in [5.41, 5.74) is 6.53. The first-order valence-electron chi connectivity index (χ1n) is 6.45. The summed E-state index contributed by atoms with van der Waals surface area (Å²) in [6.45, 7) is 3.70. The van der Waals surface area contributed by atoms with Crippen molar-refractivity contribution in [2.45, 2.75) is 31.9 Å². The highest BCUT2D eigenvalue weighted by Crippen LogP contribution is 2.29. The van der Waals surface area contributed by atoms with Gasteiger partial charge in [0.2, 0.25) is 0 Å². The van der Waals surface area contributed by atoms with Crippen molar-refractivity contribution in [3.05, 3.63) is 29.6 Å². The zero-order valence-corrected chi connectivity index (χ0v) is 11.0. The van der Waals surface area contributed by atoms with Gasteiger partial charge in [0.25, 0.3) is 0 Å². The van der Waals surface area contributed by atoms with Crippen molar-refractivity contribution in [2.24, 2.45) is 5.73 Å². The number of halogens is 1. The quantitative estimate of drug-likeness (QED) is 0.868. The highest BCUT2D eigenvalue weighted by molar-refractivity contribution is 5.37. The van der Waals surface area contributed by atoms with Crippen molar-refractivity contribution in [1.82, 2.24) is 4.90 Å². The lowest BCUT2D eigenvalue weighted by Gasteiger charge is -2.26. The molecule has 2 unspecified atom stereocenters. The first-order valence-corrected chi connectivity index (χ1v) is 6.45. The molecule has 0 fully saturated rings. The molecule has 100 valence electrons. The number of benzene rings is 1. The Morgan fingerprint density at radius 3 is 3.06 bits per heavy atom. The summed E-state index contributed by atoms with van der Waals surface area (Å²) in [5, 5.41) is 0. The van der Waals surface area contributed by atoms with Gasteiger partial charge in [-0.25, -0.2) is 4.39 Å². The molecule has 1 aromatic rings. The molecule has 0 bridgehead atoms. The van der Waals surface area contributed by atoms with Crippen LogP contribution in [0.4, 0.5) is 4.39 Å². The number of likely N-dealkylation sites (N-methyl/N-ethyl adjacent to an activating group) is 1. The molecule has 0 radical (unpaired) electrons. The summed E-state index contributed by atoms with van der Waals surface area (Å²) in [4.78, 5) is 2.25. The van der Waals surface area contributed by atoms with E-state index >= 15 is 0 Å². The minimum Gasteiger partial charge on any atom is -0.488 e. The van der Waals surface area contributed by atoms with E-state index in [9.17, 15) is 4.39 Å². The topological polar surface area (TPSA) is 38.5 Å². The van der Waals surface area contributed by atoms with E-state index in [0.29, 0.717) is 12.6 Å². The van der Waals surface area contributed by atoms with Crippen LogP contribution in [0.2, 0.25) is 0 Å². The van der Waals surface area contributed by atoms with Crippen LogP contribution in [0.15, 0.2) is 18.2 Å². The molecular weight excluding hydrogens is 231 g/mol. The Morgan fingerprint density at radius 1 is 1.56 bits per heavy atom. The van der Waals surface area contributed by atoms with Gasteiger partial charge in [0.1, 0.15) is 17.7 Å². The standard InChI is InChI=1S/C14H21FN2O/c1-10(5-6-16)17(2)9-13-8-11-7-12(15)3-4-14(11)18-13/h3-4,7,10,13H,5-6,8-9,16H2,1-2H3. The molecule has 2 rings (SSSR count). The smallest absolute Gasteiger partial charge is 0.123 e. The van der Waals surface area contributed by atoms with Crippen LogP contribution in [0.25, 0.3) is 0 Å². The Morgan fingerprint density at radius 2 is 2.33 bits per heavy atom. The third-order valence-corrected chi connectivity index (χ3v) is 3.59. The Kier molecular flexibility index (Phi) is 4.19. The third kappa shape index (κ3) is 3.00. The van der Waals surface area contributed by atoms with Crippen LogP contribution < -0.4 is 10.5 Å². The Hall–Kier alpha value is -1.13. The summed E-state index contributed by atoms with van der Waals surface area (Å²) in [7, 11) is 2.08. The average molecular weight is 252 g/mol. The molecule has 0 amide bonds. The van der Waals surface area contributed by atoms with Crippen LogP contribution in [0, 0.1) is 5.82 Å². The van der Waals surface area contributed by atoms with Crippen molar-refractivity contribution >= 4 is 0 Å². The van der Waals surface area contributed by atoms with E-state index < -0.39 is 0 Å². The second-order valence-corrected chi connectivity index (χ2v) is 5.06. The molecule has 0 spiro atoms. The Balaban J connectivity index is 1.91. The van der Waals surface area contributed by atoms with Crippen LogP contribution in [-0.4, -0.2) is 37.2 Å². The maximum absolute atomic E-state index is 13.1. The van der Waals surface area contributed by atoms with Gasteiger partial charge in [-0.3, -0.25) is 4.90 Å². The lowest BCUT2D eigenvalue weighted by molar-refractivity contribution is 0.141. The van der Waals surface area contributed by atoms with Gasteiger partial charge in [-0.1, -0.05) is 0 Å². The summed E-state index contributed by atoms with van der Waals surface area (Å²) >= 11 is 0.